The van der Waals surface area contributed by atoms with Gasteiger partial charge in [-0.05, 0) is 60.7 Å². The Hall–Kier alpha value is -3.31. The highest BCUT2D eigenvalue weighted by atomic mass is 35.5. The minimum Gasteiger partial charge on any atom is -0.399 e. The first-order valence-electron chi connectivity index (χ1n) is 8.01. The number of nitrogens with zero attached hydrogens (tertiary/aromatic N) is 1. The summed E-state index contributed by atoms with van der Waals surface area (Å²) in [6, 6.07) is 19.8. The van der Waals surface area contributed by atoms with Crippen molar-refractivity contribution in [3.05, 3.63) is 77.3 Å². The molecule has 3 aromatic carbocycles. The van der Waals surface area contributed by atoms with Crippen LogP contribution in [0.15, 0.2) is 66.7 Å². The summed E-state index contributed by atoms with van der Waals surface area (Å²) >= 11 is 5.93. The number of hydrogen-bond acceptors (Lipinski definition) is 3. The third-order valence-corrected chi connectivity index (χ3v) is 4.24. The minimum absolute atomic E-state index is 0.209. The summed E-state index contributed by atoms with van der Waals surface area (Å²) in [7, 11) is 0. The lowest BCUT2D eigenvalue weighted by molar-refractivity contribution is 0.102. The number of rotatable bonds is 3. The molecule has 0 unspecified atom stereocenters. The summed E-state index contributed by atoms with van der Waals surface area (Å²) in [4.78, 5) is 20.1. The fourth-order valence-electron chi connectivity index (χ4n) is 2.71. The van der Waals surface area contributed by atoms with Gasteiger partial charge in [-0.25, -0.2) is 4.98 Å². The Balaban J connectivity index is 1.55. The second kappa shape index (κ2) is 6.54. The van der Waals surface area contributed by atoms with Gasteiger partial charge in [0.25, 0.3) is 5.91 Å². The molecule has 1 heterocycles. The van der Waals surface area contributed by atoms with Crippen molar-refractivity contribution < 1.29 is 4.79 Å². The molecule has 128 valence electrons. The standard InChI is InChI=1S/C20H15ClN4O/c21-14-3-1-2-13(10-14)20(26)23-16-7-4-12(5-8-16)19-24-17-9-6-15(22)11-18(17)25-19/h1-11H,22H2,(H,23,26)(H,24,25). The lowest BCUT2D eigenvalue weighted by atomic mass is 10.1. The molecule has 0 aliphatic rings. The van der Waals surface area contributed by atoms with Crippen LogP contribution >= 0.6 is 11.6 Å². The summed E-state index contributed by atoms with van der Waals surface area (Å²) in [5.41, 5.74) is 10.3. The first-order chi connectivity index (χ1) is 12.6. The summed E-state index contributed by atoms with van der Waals surface area (Å²) < 4.78 is 0. The Kier molecular flexibility index (Phi) is 4.07. The second-order valence-corrected chi connectivity index (χ2v) is 6.34. The van der Waals surface area contributed by atoms with E-state index >= 15 is 0 Å². The normalized spacial score (nSPS) is 10.8. The Morgan fingerprint density at radius 3 is 2.62 bits per heavy atom. The second-order valence-electron chi connectivity index (χ2n) is 5.90. The first kappa shape index (κ1) is 16.2. The number of benzene rings is 3. The average molecular weight is 363 g/mol. The van der Waals surface area contributed by atoms with E-state index in [-0.39, 0.29) is 5.91 Å². The molecule has 0 bridgehead atoms. The van der Waals surface area contributed by atoms with Crippen molar-refractivity contribution in [1.29, 1.82) is 0 Å². The van der Waals surface area contributed by atoms with Crippen LogP contribution in [0.25, 0.3) is 22.4 Å². The third kappa shape index (κ3) is 3.25. The van der Waals surface area contributed by atoms with E-state index in [1.165, 1.54) is 0 Å². The maximum Gasteiger partial charge on any atom is 0.255 e. The number of halogens is 1. The van der Waals surface area contributed by atoms with Crippen molar-refractivity contribution in [2.45, 2.75) is 0 Å². The van der Waals surface area contributed by atoms with Crippen LogP contribution in [-0.4, -0.2) is 15.9 Å². The van der Waals surface area contributed by atoms with E-state index in [4.69, 9.17) is 17.3 Å². The molecule has 0 atom stereocenters. The molecule has 0 aliphatic carbocycles. The molecular weight excluding hydrogens is 348 g/mol. The van der Waals surface area contributed by atoms with Gasteiger partial charge in [-0.15, -0.1) is 0 Å². The zero-order valence-corrected chi connectivity index (χ0v) is 14.4. The number of hydrogen-bond donors (Lipinski definition) is 3. The summed E-state index contributed by atoms with van der Waals surface area (Å²) in [6.07, 6.45) is 0. The third-order valence-electron chi connectivity index (χ3n) is 4.01. The zero-order valence-electron chi connectivity index (χ0n) is 13.7. The molecule has 26 heavy (non-hydrogen) atoms. The van der Waals surface area contributed by atoms with E-state index < -0.39 is 0 Å². The highest BCUT2D eigenvalue weighted by Gasteiger charge is 2.08. The minimum atomic E-state index is -0.209. The molecule has 4 rings (SSSR count). The molecule has 4 aromatic rings. The molecule has 0 fully saturated rings. The average Bonchev–Trinajstić information content (AvgIpc) is 3.05. The summed E-state index contributed by atoms with van der Waals surface area (Å²) in [6.45, 7) is 0. The highest BCUT2D eigenvalue weighted by molar-refractivity contribution is 6.31. The molecule has 0 spiro atoms. The molecule has 0 radical (unpaired) electrons. The van der Waals surface area contributed by atoms with E-state index in [0.29, 0.717) is 22.0 Å². The van der Waals surface area contributed by atoms with Crippen LogP contribution in [0.1, 0.15) is 10.4 Å². The number of H-pyrrole nitrogens is 1. The van der Waals surface area contributed by atoms with Crippen molar-refractivity contribution in [3.8, 4) is 11.4 Å². The number of fused-ring (bicyclic) bond motifs is 1. The number of aromatic nitrogens is 2. The van der Waals surface area contributed by atoms with Gasteiger partial charge in [0.15, 0.2) is 0 Å². The van der Waals surface area contributed by atoms with Crippen LogP contribution in [0.3, 0.4) is 0 Å². The fourth-order valence-corrected chi connectivity index (χ4v) is 2.90. The van der Waals surface area contributed by atoms with Gasteiger partial charge >= 0.3 is 0 Å². The van der Waals surface area contributed by atoms with Gasteiger partial charge in [0.05, 0.1) is 11.0 Å². The molecule has 4 N–H and O–H groups in total. The maximum atomic E-state index is 12.3. The smallest absolute Gasteiger partial charge is 0.255 e. The van der Waals surface area contributed by atoms with Crippen molar-refractivity contribution in [2.75, 3.05) is 11.1 Å². The molecule has 5 nitrogen and oxygen atoms in total. The van der Waals surface area contributed by atoms with Crippen LogP contribution < -0.4 is 11.1 Å². The largest absolute Gasteiger partial charge is 0.399 e. The SMILES string of the molecule is Nc1ccc2nc(-c3ccc(NC(=O)c4cccc(Cl)c4)cc3)[nH]c2c1. The topological polar surface area (TPSA) is 83.8 Å². The van der Waals surface area contributed by atoms with Crippen LogP contribution in [-0.2, 0) is 0 Å². The quantitative estimate of drug-likeness (QED) is 0.461. The molecule has 0 aliphatic heterocycles. The Labute approximate surface area is 154 Å². The molecule has 1 amide bonds. The Morgan fingerprint density at radius 1 is 1.04 bits per heavy atom. The zero-order chi connectivity index (χ0) is 18.1. The number of carbonyl (C=O) groups excluding carboxylic acids is 1. The van der Waals surface area contributed by atoms with E-state index in [1.54, 1.807) is 24.3 Å². The van der Waals surface area contributed by atoms with Crippen molar-refractivity contribution >= 4 is 39.9 Å². The number of anilines is 2. The number of aromatic amines is 1. The Bertz CT molecular complexity index is 1100. The van der Waals surface area contributed by atoms with Gasteiger partial charge in [-0.2, -0.15) is 0 Å². The van der Waals surface area contributed by atoms with Crippen LogP contribution in [0.5, 0.6) is 0 Å². The van der Waals surface area contributed by atoms with Crippen molar-refractivity contribution in [3.63, 3.8) is 0 Å². The molecule has 6 heteroatoms. The summed E-state index contributed by atoms with van der Waals surface area (Å²) in [5, 5.41) is 3.38. The lowest BCUT2D eigenvalue weighted by Crippen LogP contribution is -2.11. The van der Waals surface area contributed by atoms with E-state index in [9.17, 15) is 4.79 Å². The number of carbonyl (C=O) groups is 1. The lowest BCUT2D eigenvalue weighted by Gasteiger charge is -2.06. The number of nitrogens with one attached hydrogen (secondary N) is 2. The molecule has 1 aromatic heterocycles. The highest BCUT2D eigenvalue weighted by Crippen LogP contribution is 2.23. The predicted molar refractivity (Wildman–Crippen MR) is 105 cm³/mol. The first-order valence-corrected chi connectivity index (χ1v) is 8.39. The van der Waals surface area contributed by atoms with Crippen LogP contribution in [0.4, 0.5) is 11.4 Å². The van der Waals surface area contributed by atoms with Gasteiger partial charge in [0.2, 0.25) is 0 Å². The predicted octanol–water partition coefficient (Wildman–Crippen LogP) is 4.72. The number of nitrogen functional groups attached to an aromatic ring is 1. The van der Waals surface area contributed by atoms with E-state index in [1.807, 2.05) is 42.5 Å². The van der Waals surface area contributed by atoms with Gasteiger partial charge in [-0.3, -0.25) is 4.79 Å². The monoisotopic (exact) mass is 362 g/mol. The van der Waals surface area contributed by atoms with Gasteiger partial charge < -0.3 is 16.0 Å². The maximum absolute atomic E-state index is 12.3. The molecule has 0 saturated heterocycles. The van der Waals surface area contributed by atoms with Crippen molar-refractivity contribution in [1.82, 2.24) is 9.97 Å². The number of amides is 1. The van der Waals surface area contributed by atoms with Crippen LogP contribution in [0, 0.1) is 0 Å². The molecular formula is C20H15ClN4O. The number of nitrogens with two attached hydrogens (primary N) is 1. The van der Waals surface area contributed by atoms with E-state index in [2.05, 4.69) is 15.3 Å². The Morgan fingerprint density at radius 2 is 1.85 bits per heavy atom. The van der Waals surface area contributed by atoms with Gasteiger partial charge in [0, 0.05) is 27.5 Å². The number of imidazole rings is 1. The fraction of sp³-hybridized carbons (Fsp3) is 0. The summed E-state index contributed by atoms with van der Waals surface area (Å²) in [5.74, 6) is 0.540. The van der Waals surface area contributed by atoms with Crippen molar-refractivity contribution in [2.24, 2.45) is 0 Å². The van der Waals surface area contributed by atoms with Crippen LogP contribution in [0.2, 0.25) is 5.02 Å². The van der Waals surface area contributed by atoms with E-state index in [0.717, 1.165) is 22.4 Å². The van der Waals surface area contributed by atoms with Gasteiger partial charge in [0.1, 0.15) is 5.82 Å². The van der Waals surface area contributed by atoms with Gasteiger partial charge in [-0.1, -0.05) is 17.7 Å². The molecule has 0 saturated carbocycles.